The van der Waals surface area contributed by atoms with Crippen molar-refractivity contribution in [3.8, 4) is 5.75 Å². The van der Waals surface area contributed by atoms with Crippen LogP contribution in [0.3, 0.4) is 0 Å². The predicted molar refractivity (Wildman–Crippen MR) is 112 cm³/mol. The van der Waals surface area contributed by atoms with E-state index in [2.05, 4.69) is 22.3 Å². The van der Waals surface area contributed by atoms with Gasteiger partial charge in [-0.15, -0.1) is 0 Å². The van der Waals surface area contributed by atoms with Crippen LogP contribution in [0.2, 0.25) is 0 Å². The van der Waals surface area contributed by atoms with Gasteiger partial charge in [0.2, 0.25) is 5.91 Å². The molecule has 2 aromatic rings. The molecule has 0 saturated carbocycles. The fourth-order valence-corrected chi connectivity index (χ4v) is 3.44. The third-order valence-electron chi connectivity index (χ3n) is 4.00. The van der Waals surface area contributed by atoms with Crippen molar-refractivity contribution in [2.45, 2.75) is 25.5 Å². The van der Waals surface area contributed by atoms with Crippen molar-refractivity contribution in [1.29, 1.82) is 0 Å². The number of ether oxygens (including phenoxy) is 1. The van der Waals surface area contributed by atoms with Crippen LogP contribution in [0.4, 0.5) is 10.5 Å². The molecule has 0 aromatic heterocycles. The van der Waals surface area contributed by atoms with Gasteiger partial charge in [0.15, 0.2) is 0 Å². The van der Waals surface area contributed by atoms with Gasteiger partial charge < -0.3 is 9.64 Å². The molecule has 1 heterocycles. The lowest BCUT2D eigenvalue weighted by molar-refractivity contribution is -0.118. The first-order valence-electron chi connectivity index (χ1n) is 9.11. The normalized spacial score (nSPS) is 15.6. The minimum absolute atomic E-state index is 0.209. The van der Waals surface area contributed by atoms with E-state index in [4.69, 9.17) is 4.74 Å². The maximum absolute atomic E-state index is 11.6. The van der Waals surface area contributed by atoms with Gasteiger partial charge in [0, 0.05) is 12.7 Å². The second-order valence-corrected chi connectivity index (χ2v) is 7.01. The predicted octanol–water partition coefficient (Wildman–Crippen LogP) is 4.12. The Labute approximate surface area is 165 Å². The molecule has 0 bridgehead atoms. The van der Waals surface area contributed by atoms with Crippen molar-refractivity contribution in [3.63, 3.8) is 0 Å². The van der Waals surface area contributed by atoms with Gasteiger partial charge in [0.05, 0.1) is 11.8 Å². The Morgan fingerprint density at radius 2 is 1.70 bits per heavy atom. The van der Waals surface area contributed by atoms with Gasteiger partial charge in [-0.3, -0.25) is 14.9 Å². The highest BCUT2D eigenvalue weighted by Gasteiger charge is 2.31. The van der Waals surface area contributed by atoms with Crippen LogP contribution in [0.15, 0.2) is 54.6 Å². The van der Waals surface area contributed by atoms with Crippen molar-refractivity contribution in [3.05, 3.63) is 60.2 Å². The zero-order valence-electron chi connectivity index (χ0n) is 16.0. The first kappa shape index (κ1) is 20.8. The first-order valence-corrected chi connectivity index (χ1v) is 9.99. The zero-order chi connectivity index (χ0) is 19.6. The van der Waals surface area contributed by atoms with Crippen molar-refractivity contribution >= 4 is 28.6 Å². The standard InChI is InChI=1S/C19H20N2O3S.C2H6/c1-21(15-5-3-2-4-6-15)11-12-24-16-9-7-14(8-10-16)13-17-18(22)20-19(23)25-17;1-2/h2-10,17H,11-13H2,1H3,(H,20,22,23);1-2H3. The molecule has 0 aliphatic carbocycles. The van der Waals surface area contributed by atoms with E-state index in [0.29, 0.717) is 13.0 Å². The lowest BCUT2D eigenvalue weighted by atomic mass is 10.1. The van der Waals surface area contributed by atoms with E-state index in [0.717, 1.165) is 35.3 Å². The number of carbonyl (C=O) groups excluding carboxylic acids is 2. The second-order valence-electron chi connectivity index (χ2n) is 5.84. The summed E-state index contributed by atoms with van der Waals surface area (Å²) in [5.74, 6) is 0.587. The minimum Gasteiger partial charge on any atom is -0.492 e. The summed E-state index contributed by atoms with van der Waals surface area (Å²) in [6.45, 7) is 5.37. The highest BCUT2D eigenvalue weighted by atomic mass is 32.2. The molecule has 144 valence electrons. The highest BCUT2D eigenvalue weighted by Crippen LogP contribution is 2.23. The highest BCUT2D eigenvalue weighted by molar-refractivity contribution is 8.15. The third-order valence-corrected chi connectivity index (χ3v) is 4.99. The van der Waals surface area contributed by atoms with Gasteiger partial charge in [-0.1, -0.05) is 55.9 Å². The van der Waals surface area contributed by atoms with Crippen LogP contribution in [0.25, 0.3) is 0 Å². The molecular formula is C21H26N2O3S. The number of hydrogen-bond donors (Lipinski definition) is 1. The Kier molecular flexibility index (Phi) is 8.20. The van der Waals surface area contributed by atoms with Crippen LogP contribution >= 0.6 is 11.8 Å². The van der Waals surface area contributed by atoms with Crippen LogP contribution in [0.5, 0.6) is 5.75 Å². The summed E-state index contributed by atoms with van der Waals surface area (Å²) in [7, 11) is 2.04. The van der Waals surface area contributed by atoms with E-state index in [1.54, 1.807) is 0 Å². The van der Waals surface area contributed by atoms with Crippen LogP contribution in [0, 0.1) is 0 Å². The number of likely N-dealkylation sites (N-methyl/N-ethyl adjacent to an activating group) is 1. The number of benzene rings is 2. The maximum Gasteiger partial charge on any atom is 0.286 e. The van der Waals surface area contributed by atoms with Gasteiger partial charge in [-0.2, -0.15) is 0 Å². The summed E-state index contributed by atoms with van der Waals surface area (Å²) in [5.41, 5.74) is 2.17. The molecule has 27 heavy (non-hydrogen) atoms. The van der Waals surface area contributed by atoms with E-state index in [9.17, 15) is 9.59 Å². The van der Waals surface area contributed by atoms with Crippen molar-refractivity contribution in [2.75, 3.05) is 25.1 Å². The number of rotatable bonds is 7. The number of thioether (sulfide) groups is 1. The third kappa shape index (κ3) is 6.32. The monoisotopic (exact) mass is 386 g/mol. The fraction of sp³-hybridized carbons (Fsp3) is 0.333. The van der Waals surface area contributed by atoms with Crippen molar-refractivity contribution in [1.82, 2.24) is 5.32 Å². The Morgan fingerprint density at radius 3 is 2.30 bits per heavy atom. The molecule has 1 aliphatic rings. The SMILES string of the molecule is CC.CN(CCOc1ccc(CC2SC(=O)NC2=O)cc1)c1ccccc1. The van der Waals surface area contributed by atoms with E-state index in [-0.39, 0.29) is 16.4 Å². The summed E-state index contributed by atoms with van der Waals surface area (Å²) >= 11 is 1.05. The quantitative estimate of drug-likeness (QED) is 0.776. The fourth-order valence-electron chi connectivity index (χ4n) is 2.58. The van der Waals surface area contributed by atoms with E-state index < -0.39 is 0 Å². The number of nitrogens with one attached hydrogen (secondary N) is 1. The molecule has 0 radical (unpaired) electrons. The Balaban J connectivity index is 0.00000126. The Hall–Kier alpha value is -2.47. The van der Waals surface area contributed by atoms with Crippen molar-refractivity contribution < 1.29 is 14.3 Å². The number of amides is 2. The largest absolute Gasteiger partial charge is 0.492 e. The lowest BCUT2D eigenvalue weighted by Gasteiger charge is -2.19. The summed E-state index contributed by atoms with van der Waals surface area (Å²) in [4.78, 5) is 24.9. The van der Waals surface area contributed by atoms with E-state index >= 15 is 0 Å². The van der Waals surface area contributed by atoms with E-state index in [1.807, 2.05) is 63.4 Å². The minimum atomic E-state index is -0.334. The zero-order valence-corrected chi connectivity index (χ0v) is 16.8. The second kappa shape index (κ2) is 10.6. The van der Waals surface area contributed by atoms with Crippen molar-refractivity contribution in [2.24, 2.45) is 0 Å². The number of nitrogens with zero attached hydrogens (tertiary/aromatic N) is 1. The molecule has 1 aliphatic heterocycles. The molecule has 3 rings (SSSR count). The molecule has 1 atom stereocenters. The molecule has 1 unspecified atom stereocenters. The number of carbonyl (C=O) groups is 2. The van der Waals surface area contributed by atoms with Crippen LogP contribution in [-0.4, -0.2) is 36.6 Å². The van der Waals surface area contributed by atoms with Gasteiger partial charge in [-0.05, 0) is 36.2 Å². The molecule has 2 amide bonds. The molecule has 6 heteroatoms. The van der Waals surface area contributed by atoms with Crippen LogP contribution in [0.1, 0.15) is 19.4 Å². The molecule has 1 saturated heterocycles. The van der Waals surface area contributed by atoms with Gasteiger partial charge in [0.25, 0.3) is 5.24 Å². The molecule has 1 fully saturated rings. The average Bonchev–Trinajstić information content (AvgIpc) is 3.02. The molecule has 1 N–H and O–H groups in total. The topological polar surface area (TPSA) is 58.6 Å². The summed E-state index contributed by atoms with van der Waals surface area (Å²) in [5, 5.41) is 1.71. The smallest absolute Gasteiger partial charge is 0.286 e. The number of anilines is 1. The first-order chi connectivity index (χ1) is 13.1. The average molecular weight is 387 g/mol. The summed E-state index contributed by atoms with van der Waals surface area (Å²) < 4.78 is 5.78. The van der Waals surface area contributed by atoms with Gasteiger partial charge in [-0.25, -0.2) is 0 Å². The summed E-state index contributed by atoms with van der Waals surface area (Å²) in [6.07, 6.45) is 0.541. The number of hydrogen-bond acceptors (Lipinski definition) is 5. The van der Waals surface area contributed by atoms with Gasteiger partial charge >= 0.3 is 0 Å². The molecular weight excluding hydrogens is 360 g/mol. The Bertz CT molecular complexity index is 735. The van der Waals surface area contributed by atoms with Crippen LogP contribution in [-0.2, 0) is 11.2 Å². The van der Waals surface area contributed by atoms with Gasteiger partial charge in [0.1, 0.15) is 12.4 Å². The number of para-hydroxylation sites is 1. The molecule has 5 nitrogen and oxygen atoms in total. The lowest BCUT2D eigenvalue weighted by Crippen LogP contribution is -2.25. The molecule has 0 spiro atoms. The summed E-state index contributed by atoms with van der Waals surface area (Å²) in [6, 6.07) is 17.8. The van der Waals surface area contributed by atoms with Crippen LogP contribution < -0.4 is 15.0 Å². The van der Waals surface area contributed by atoms with E-state index in [1.165, 1.54) is 0 Å². The maximum atomic E-state index is 11.6. The molecule has 2 aromatic carbocycles. The number of imide groups is 1. The Morgan fingerprint density at radius 1 is 1.04 bits per heavy atom.